The summed E-state index contributed by atoms with van der Waals surface area (Å²) in [5, 5.41) is 18.5. The number of ether oxygens (including phenoxy) is 1. The second kappa shape index (κ2) is 5.61. The third kappa shape index (κ3) is 2.79. The number of methoxy groups -OCH3 is 1. The van der Waals surface area contributed by atoms with Crippen LogP contribution in [0, 0.1) is 11.3 Å². The molecule has 1 N–H and O–H groups in total. The molecule has 0 unspecified atom stereocenters. The van der Waals surface area contributed by atoms with Gasteiger partial charge in [0.1, 0.15) is 17.4 Å². The average Bonchev–Trinajstić information content (AvgIpc) is 2.38. The van der Waals surface area contributed by atoms with Crippen molar-refractivity contribution in [3.8, 4) is 11.8 Å². The van der Waals surface area contributed by atoms with Gasteiger partial charge in [-0.3, -0.25) is 0 Å². The summed E-state index contributed by atoms with van der Waals surface area (Å²) >= 11 is 0. The van der Waals surface area contributed by atoms with Gasteiger partial charge in [0, 0.05) is 12.6 Å². The van der Waals surface area contributed by atoms with Crippen LogP contribution >= 0.6 is 0 Å². The van der Waals surface area contributed by atoms with Crippen LogP contribution in [0.25, 0.3) is 0 Å². The Bertz CT molecular complexity index is 518. The highest BCUT2D eigenvalue weighted by Crippen LogP contribution is 2.30. The number of anilines is 1. The Kier molecular flexibility index (Phi) is 4.38. The lowest BCUT2D eigenvalue weighted by Crippen LogP contribution is -2.50. The zero-order valence-electron chi connectivity index (χ0n) is 11.6. The van der Waals surface area contributed by atoms with Crippen LogP contribution in [-0.2, 0) is 4.79 Å². The molecule has 0 aliphatic heterocycles. The lowest BCUT2D eigenvalue weighted by Gasteiger charge is -2.36. The molecule has 5 heteroatoms. The third-order valence-electron chi connectivity index (χ3n) is 3.13. The lowest BCUT2D eigenvalue weighted by atomic mass is 10.0. The molecule has 0 saturated carbocycles. The fourth-order valence-electron chi connectivity index (χ4n) is 1.94. The molecule has 0 aliphatic carbocycles. The van der Waals surface area contributed by atoms with Gasteiger partial charge in [-0.2, -0.15) is 5.26 Å². The van der Waals surface area contributed by atoms with Crippen LogP contribution in [-0.4, -0.2) is 30.3 Å². The monoisotopic (exact) mass is 262 g/mol. The molecule has 1 aromatic rings. The van der Waals surface area contributed by atoms with Crippen LogP contribution in [0.4, 0.5) is 5.69 Å². The Labute approximate surface area is 113 Å². The van der Waals surface area contributed by atoms with Gasteiger partial charge in [-0.25, -0.2) is 4.79 Å². The normalized spacial score (nSPS) is 10.7. The molecule has 0 aromatic heterocycles. The van der Waals surface area contributed by atoms with Crippen LogP contribution in [0.2, 0.25) is 0 Å². The maximum Gasteiger partial charge on any atom is 0.328 e. The van der Waals surface area contributed by atoms with E-state index in [4.69, 9.17) is 10.00 Å². The minimum atomic E-state index is -1.10. The van der Waals surface area contributed by atoms with Crippen molar-refractivity contribution < 1.29 is 14.6 Å². The molecule has 19 heavy (non-hydrogen) atoms. The van der Waals surface area contributed by atoms with Gasteiger partial charge in [0.05, 0.1) is 18.4 Å². The van der Waals surface area contributed by atoms with Crippen LogP contribution in [0.15, 0.2) is 18.2 Å². The van der Waals surface area contributed by atoms with E-state index < -0.39 is 11.5 Å². The van der Waals surface area contributed by atoms with E-state index in [-0.39, 0.29) is 0 Å². The Balaban J connectivity index is 3.40. The molecule has 0 heterocycles. The Morgan fingerprint density at radius 3 is 2.58 bits per heavy atom. The predicted octanol–water partition coefficient (Wildman–Crippen LogP) is 2.26. The van der Waals surface area contributed by atoms with E-state index in [1.54, 1.807) is 36.9 Å². The average molecular weight is 262 g/mol. The molecule has 0 bridgehead atoms. The number of rotatable bonds is 5. The number of hydrogen-bond acceptors (Lipinski definition) is 4. The van der Waals surface area contributed by atoms with Crippen molar-refractivity contribution in [3.63, 3.8) is 0 Å². The number of nitrogens with zero attached hydrogens (tertiary/aromatic N) is 2. The first-order valence-corrected chi connectivity index (χ1v) is 5.97. The fourth-order valence-corrected chi connectivity index (χ4v) is 1.94. The van der Waals surface area contributed by atoms with Crippen molar-refractivity contribution >= 4 is 11.7 Å². The highest BCUT2D eigenvalue weighted by Gasteiger charge is 2.35. The van der Waals surface area contributed by atoms with E-state index in [1.807, 2.05) is 6.92 Å². The maximum atomic E-state index is 11.4. The molecular formula is C14H18N2O3. The molecule has 0 radical (unpaired) electrons. The Morgan fingerprint density at radius 2 is 2.16 bits per heavy atom. The van der Waals surface area contributed by atoms with E-state index in [0.717, 1.165) is 0 Å². The summed E-state index contributed by atoms with van der Waals surface area (Å²) in [5.74, 6) is -0.352. The topological polar surface area (TPSA) is 73.6 Å². The summed E-state index contributed by atoms with van der Waals surface area (Å²) in [4.78, 5) is 13.1. The summed E-state index contributed by atoms with van der Waals surface area (Å²) in [6, 6.07) is 7.09. The first kappa shape index (κ1) is 14.8. The molecule has 5 nitrogen and oxygen atoms in total. The van der Waals surface area contributed by atoms with Crippen LogP contribution in [0.5, 0.6) is 5.75 Å². The summed E-state index contributed by atoms with van der Waals surface area (Å²) in [6.07, 6.45) is 0. The molecule has 1 aromatic carbocycles. The molecule has 0 saturated heterocycles. The van der Waals surface area contributed by atoms with Gasteiger partial charge >= 0.3 is 5.97 Å². The molecule has 0 aliphatic rings. The zero-order chi connectivity index (χ0) is 14.6. The summed E-state index contributed by atoms with van der Waals surface area (Å²) in [6.45, 7) is 5.55. The highest BCUT2D eigenvalue weighted by molar-refractivity contribution is 5.83. The van der Waals surface area contributed by atoms with E-state index >= 15 is 0 Å². The fraction of sp³-hybridized carbons (Fsp3) is 0.429. The summed E-state index contributed by atoms with van der Waals surface area (Å²) < 4.78 is 5.14. The number of hydrogen-bond donors (Lipinski definition) is 1. The molecule has 0 atom stereocenters. The molecule has 102 valence electrons. The van der Waals surface area contributed by atoms with Crippen molar-refractivity contribution in [1.82, 2.24) is 0 Å². The van der Waals surface area contributed by atoms with Gasteiger partial charge in [-0.15, -0.1) is 0 Å². The number of carboxylic acids is 1. The maximum absolute atomic E-state index is 11.4. The van der Waals surface area contributed by atoms with Gasteiger partial charge in [0.2, 0.25) is 0 Å². The van der Waals surface area contributed by atoms with Crippen molar-refractivity contribution in [2.24, 2.45) is 0 Å². The number of carbonyl (C=O) groups is 1. The van der Waals surface area contributed by atoms with Gasteiger partial charge in [-0.05, 0) is 32.9 Å². The molecule has 0 fully saturated rings. The standard InChI is InChI=1S/C14H18N2O3/c1-5-16(14(2,3)13(17)18)12-8-11(19-4)7-6-10(12)9-15/h6-8H,5H2,1-4H3,(H,17,18). The van der Waals surface area contributed by atoms with E-state index in [1.165, 1.54) is 7.11 Å². The van der Waals surface area contributed by atoms with Crippen LogP contribution < -0.4 is 9.64 Å². The van der Waals surface area contributed by atoms with Gasteiger partial charge in [-0.1, -0.05) is 0 Å². The number of nitriles is 1. The zero-order valence-corrected chi connectivity index (χ0v) is 11.6. The lowest BCUT2D eigenvalue weighted by molar-refractivity contribution is -0.142. The first-order chi connectivity index (χ1) is 8.88. The SMILES string of the molecule is CCN(c1cc(OC)ccc1C#N)C(C)(C)C(=O)O. The minimum Gasteiger partial charge on any atom is -0.497 e. The van der Waals surface area contributed by atoms with Crippen molar-refractivity contribution in [2.45, 2.75) is 26.3 Å². The molecular weight excluding hydrogens is 244 g/mol. The van der Waals surface area contributed by atoms with Crippen LogP contribution in [0.1, 0.15) is 26.3 Å². The third-order valence-corrected chi connectivity index (χ3v) is 3.13. The Hall–Kier alpha value is -2.22. The highest BCUT2D eigenvalue weighted by atomic mass is 16.5. The van der Waals surface area contributed by atoms with Crippen molar-refractivity contribution in [2.75, 3.05) is 18.6 Å². The summed E-state index contributed by atoms with van der Waals surface area (Å²) in [5.41, 5.74) is -0.110. The van der Waals surface area contributed by atoms with Gasteiger partial charge in [0.15, 0.2) is 0 Å². The van der Waals surface area contributed by atoms with Crippen molar-refractivity contribution in [1.29, 1.82) is 5.26 Å². The smallest absolute Gasteiger partial charge is 0.328 e. The van der Waals surface area contributed by atoms with E-state index in [0.29, 0.717) is 23.5 Å². The number of carboxylic acid groups (broad SMARTS) is 1. The largest absolute Gasteiger partial charge is 0.497 e. The number of likely N-dealkylation sites (N-methyl/N-ethyl adjacent to an activating group) is 1. The van der Waals surface area contributed by atoms with Gasteiger partial charge in [0.25, 0.3) is 0 Å². The van der Waals surface area contributed by atoms with Crippen molar-refractivity contribution in [3.05, 3.63) is 23.8 Å². The number of benzene rings is 1. The van der Waals surface area contributed by atoms with E-state index in [2.05, 4.69) is 6.07 Å². The quantitative estimate of drug-likeness (QED) is 0.881. The Morgan fingerprint density at radius 1 is 1.53 bits per heavy atom. The van der Waals surface area contributed by atoms with Crippen LogP contribution in [0.3, 0.4) is 0 Å². The first-order valence-electron chi connectivity index (χ1n) is 5.97. The van der Waals surface area contributed by atoms with Gasteiger partial charge < -0.3 is 14.7 Å². The minimum absolute atomic E-state index is 0.428. The molecule has 1 rings (SSSR count). The summed E-state index contributed by atoms with van der Waals surface area (Å²) in [7, 11) is 1.53. The molecule has 0 amide bonds. The second-order valence-corrected chi connectivity index (χ2v) is 4.60. The molecule has 0 spiro atoms. The number of aliphatic carboxylic acids is 1. The van der Waals surface area contributed by atoms with E-state index in [9.17, 15) is 9.90 Å². The second-order valence-electron chi connectivity index (χ2n) is 4.60. The predicted molar refractivity (Wildman–Crippen MR) is 72.4 cm³/mol.